The Hall–Kier alpha value is -7.68. The van der Waals surface area contributed by atoms with Crippen LogP contribution in [0.1, 0.15) is 0 Å². The Kier molecular flexibility index (Phi) is 8.19. The van der Waals surface area contributed by atoms with Crippen molar-refractivity contribution in [2.24, 2.45) is 0 Å². The number of fused-ring (bicyclic) bond motifs is 5. The number of anilines is 3. The first kappa shape index (κ1) is 33.6. The fourth-order valence-electron chi connectivity index (χ4n) is 8.84. The van der Waals surface area contributed by atoms with E-state index in [2.05, 4.69) is 217 Å². The quantitative estimate of drug-likeness (QED) is 0.162. The molecule has 0 aliphatic heterocycles. The number of furan rings is 1. The molecule has 0 bridgehead atoms. The summed E-state index contributed by atoms with van der Waals surface area (Å²) >= 11 is 0. The van der Waals surface area contributed by atoms with E-state index in [-0.39, 0.29) is 0 Å². The van der Waals surface area contributed by atoms with Gasteiger partial charge in [0.1, 0.15) is 11.2 Å². The van der Waals surface area contributed by atoms with Crippen LogP contribution >= 0.6 is 0 Å². The van der Waals surface area contributed by atoms with Crippen LogP contribution < -0.4 is 4.90 Å². The van der Waals surface area contributed by atoms with Crippen molar-refractivity contribution in [1.29, 1.82) is 0 Å². The van der Waals surface area contributed by atoms with Gasteiger partial charge >= 0.3 is 0 Å². The number of rotatable bonds is 7. The van der Waals surface area contributed by atoms with Crippen LogP contribution in [-0.2, 0) is 0 Å². The Morgan fingerprint density at radius 1 is 0.293 bits per heavy atom. The molecule has 0 amide bonds. The predicted molar refractivity (Wildman–Crippen MR) is 245 cm³/mol. The van der Waals surface area contributed by atoms with Crippen molar-refractivity contribution in [2.75, 3.05) is 4.90 Å². The molecule has 2 heteroatoms. The fraction of sp³-hybridized carbons (Fsp3) is 0. The molecule has 0 unspecified atom stereocenters. The minimum absolute atomic E-state index is 0.897. The van der Waals surface area contributed by atoms with Crippen LogP contribution in [0.3, 0.4) is 0 Å². The first-order valence-corrected chi connectivity index (χ1v) is 19.8. The molecular weight excluding hydrogens is 703 g/mol. The largest absolute Gasteiger partial charge is 0.456 e. The van der Waals surface area contributed by atoms with Crippen molar-refractivity contribution >= 4 is 60.5 Å². The maximum absolute atomic E-state index is 6.28. The number of hydrogen-bond donors (Lipinski definition) is 0. The predicted octanol–water partition coefficient (Wildman–Crippen LogP) is 16.0. The average molecular weight is 740 g/mol. The van der Waals surface area contributed by atoms with Crippen molar-refractivity contribution in [1.82, 2.24) is 0 Å². The molecule has 0 saturated carbocycles. The maximum Gasteiger partial charge on any atom is 0.136 e. The van der Waals surface area contributed by atoms with Gasteiger partial charge in [-0.25, -0.2) is 0 Å². The minimum atomic E-state index is 0.897. The minimum Gasteiger partial charge on any atom is -0.456 e. The van der Waals surface area contributed by atoms with E-state index in [9.17, 15) is 0 Å². The maximum atomic E-state index is 6.28. The monoisotopic (exact) mass is 739 g/mol. The van der Waals surface area contributed by atoms with Crippen LogP contribution in [0.5, 0.6) is 0 Å². The zero-order valence-corrected chi connectivity index (χ0v) is 31.7. The van der Waals surface area contributed by atoms with Gasteiger partial charge in [0.05, 0.1) is 5.69 Å². The lowest BCUT2D eigenvalue weighted by Gasteiger charge is -2.29. The summed E-state index contributed by atoms with van der Waals surface area (Å²) in [5.41, 5.74) is 14.5. The summed E-state index contributed by atoms with van der Waals surface area (Å²) in [6, 6.07) is 80.8. The Labute approximate surface area is 337 Å². The second kappa shape index (κ2) is 14.1. The Morgan fingerprint density at radius 3 is 1.69 bits per heavy atom. The van der Waals surface area contributed by atoms with E-state index in [0.717, 1.165) is 55.7 Å². The van der Waals surface area contributed by atoms with E-state index in [1.54, 1.807) is 0 Å². The molecule has 0 spiro atoms. The molecule has 58 heavy (non-hydrogen) atoms. The highest BCUT2D eigenvalue weighted by Crippen LogP contribution is 2.46. The number of hydrogen-bond acceptors (Lipinski definition) is 2. The molecule has 1 aromatic heterocycles. The smallest absolute Gasteiger partial charge is 0.136 e. The van der Waals surface area contributed by atoms with Gasteiger partial charge in [-0.3, -0.25) is 0 Å². The molecule has 0 radical (unpaired) electrons. The second-order valence-electron chi connectivity index (χ2n) is 14.8. The molecule has 0 N–H and O–H groups in total. The SMILES string of the molecule is c1ccc(-c2cccc3cccc(-c4ccccc4N(c4ccc(-c5cccc6oc7ccccc7c56)cc4)c4cccc(-c5cccc6ccccc56)c4)c23)cc1. The molecule has 10 aromatic carbocycles. The molecule has 2 nitrogen and oxygen atoms in total. The van der Waals surface area contributed by atoms with E-state index in [0.29, 0.717) is 0 Å². The zero-order valence-electron chi connectivity index (χ0n) is 31.7. The summed E-state index contributed by atoms with van der Waals surface area (Å²) in [5.74, 6) is 0. The molecule has 0 aliphatic rings. The third-order valence-corrected chi connectivity index (χ3v) is 11.5. The van der Waals surface area contributed by atoms with Crippen molar-refractivity contribution in [3.05, 3.63) is 224 Å². The highest BCUT2D eigenvalue weighted by Gasteiger charge is 2.21. The van der Waals surface area contributed by atoms with Gasteiger partial charge in [-0.2, -0.15) is 0 Å². The van der Waals surface area contributed by atoms with Crippen molar-refractivity contribution in [3.63, 3.8) is 0 Å². The third kappa shape index (κ3) is 5.74. The lowest BCUT2D eigenvalue weighted by Crippen LogP contribution is -2.11. The molecule has 0 aliphatic carbocycles. The van der Waals surface area contributed by atoms with Gasteiger partial charge in [-0.15, -0.1) is 0 Å². The summed E-state index contributed by atoms with van der Waals surface area (Å²) < 4.78 is 6.28. The summed E-state index contributed by atoms with van der Waals surface area (Å²) in [7, 11) is 0. The van der Waals surface area contributed by atoms with Crippen LogP contribution in [0.2, 0.25) is 0 Å². The van der Waals surface area contributed by atoms with Crippen LogP contribution in [-0.4, -0.2) is 0 Å². The first-order chi connectivity index (χ1) is 28.8. The van der Waals surface area contributed by atoms with Crippen LogP contribution in [0.15, 0.2) is 229 Å². The summed E-state index contributed by atoms with van der Waals surface area (Å²) in [6.07, 6.45) is 0. The topological polar surface area (TPSA) is 16.4 Å². The molecule has 0 fully saturated rings. The van der Waals surface area contributed by atoms with E-state index in [1.165, 1.54) is 49.4 Å². The molecule has 11 rings (SSSR count). The zero-order chi connectivity index (χ0) is 38.4. The van der Waals surface area contributed by atoms with Gasteiger partial charge in [-0.1, -0.05) is 182 Å². The van der Waals surface area contributed by atoms with E-state index in [1.807, 2.05) is 12.1 Å². The number of benzene rings is 10. The Bertz CT molecular complexity index is 3270. The van der Waals surface area contributed by atoms with Crippen molar-refractivity contribution in [3.8, 4) is 44.5 Å². The lowest BCUT2D eigenvalue weighted by atomic mass is 9.90. The average Bonchev–Trinajstić information content (AvgIpc) is 3.69. The van der Waals surface area contributed by atoms with Crippen molar-refractivity contribution < 1.29 is 4.42 Å². The summed E-state index contributed by atoms with van der Waals surface area (Å²) in [5, 5.41) is 7.19. The second-order valence-corrected chi connectivity index (χ2v) is 14.8. The molecule has 0 saturated heterocycles. The molecule has 1 heterocycles. The van der Waals surface area contributed by atoms with Gasteiger partial charge < -0.3 is 9.32 Å². The van der Waals surface area contributed by atoms with Crippen molar-refractivity contribution in [2.45, 2.75) is 0 Å². The van der Waals surface area contributed by atoms with E-state index >= 15 is 0 Å². The highest BCUT2D eigenvalue weighted by molar-refractivity contribution is 6.13. The summed E-state index contributed by atoms with van der Waals surface area (Å²) in [4.78, 5) is 2.42. The highest BCUT2D eigenvalue weighted by atomic mass is 16.3. The Morgan fingerprint density at radius 2 is 0.845 bits per heavy atom. The summed E-state index contributed by atoms with van der Waals surface area (Å²) in [6.45, 7) is 0. The third-order valence-electron chi connectivity index (χ3n) is 11.5. The molecule has 272 valence electrons. The van der Waals surface area contributed by atoms with Gasteiger partial charge in [0.25, 0.3) is 0 Å². The molecular formula is C56H37NO. The van der Waals surface area contributed by atoms with Crippen LogP contribution in [0.25, 0.3) is 88.0 Å². The van der Waals surface area contributed by atoms with Gasteiger partial charge in [-0.05, 0) is 103 Å². The number of para-hydroxylation sites is 2. The molecule has 11 aromatic rings. The van der Waals surface area contributed by atoms with Gasteiger partial charge in [0.2, 0.25) is 0 Å². The first-order valence-electron chi connectivity index (χ1n) is 19.8. The van der Waals surface area contributed by atoms with Crippen LogP contribution in [0, 0.1) is 0 Å². The number of nitrogens with zero attached hydrogens (tertiary/aromatic N) is 1. The Balaban J connectivity index is 1.12. The lowest BCUT2D eigenvalue weighted by molar-refractivity contribution is 0.669. The van der Waals surface area contributed by atoms with Gasteiger partial charge in [0.15, 0.2) is 0 Å². The molecule has 0 atom stereocenters. The van der Waals surface area contributed by atoms with Crippen LogP contribution in [0.4, 0.5) is 17.1 Å². The van der Waals surface area contributed by atoms with Gasteiger partial charge in [0, 0.05) is 27.7 Å². The van der Waals surface area contributed by atoms with E-state index in [4.69, 9.17) is 4.42 Å². The van der Waals surface area contributed by atoms with E-state index < -0.39 is 0 Å². The normalized spacial score (nSPS) is 11.4. The fourth-order valence-corrected chi connectivity index (χ4v) is 8.84. The standard InChI is InChI=1S/C56H37NO/c1-2-15-39(16-3-1)47-27-12-19-41-20-13-29-50(55(41)47)49-24-6-8-30-52(49)57(44-22-10-21-42(37-44)46-26-11-18-38-17-4-5-23-45(38)46)43-35-33-40(34-36-43)48-28-14-32-54-56(48)51-25-7-9-31-53(51)58-54/h1-37H.